The molecule has 1 heterocycles. The maximum absolute atomic E-state index is 12.4. The molecule has 5 nitrogen and oxygen atoms in total. The molecule has 7 heteroatoms. The number of nitrogens with one attached hydrogen (secondary N) is 1. The van der Waals surface area contributed by atoms with Gasteiger partial charge < -0.3 is 5.32 Å². The number of anilines is 1. The first-order valence-corrected chi connectivity index (χ1v) is 13.2. The van der Waals surface area contributed by atoms with E-state index < -0.39 is 9.84 Å². The molecule has 0 saturated carbocycles. The Morgan fingerprint density at radius 1 is 0.879 bits per heavy atom. The normalized spacial score (nSPS) is 11.3. The topological polar surface area (TPSA) is 76.1 Å². The number of hydrogen-bond acceptors (Lipinski definition) is 5. The van der Waals surface area contributed by atoms with E-state index >= 15 is 0 Å². The van der Waals surface area contributed by atoms with Gasteiger partial charge in [-0.1, -0.05) is 73.7 Å². The molecule has 4 aromatic rings. The summed E-state index contributed by atoms with van der Waals surface area (Å²) in [6, 6.07) is 25.1. The predicted molar refractivity (Wildman–Crippen MR) is 133 cm³/mol. The zero-order valence-electron chi connectivity index (χ0n) is 18.2. The second-order valence-corrected chi connectivity index (χ2v) is 10.8. The van der Waals surface area contributed by atoms with Crippen molar-refractivity contribution >= 4 is 32.2 Å². The zero-order valence-corrected chi connectivity index (χ0v) is 19.8. The van der Waals surface area contributed by atoms with Gasteiger partial charge in [0.15, 0.2) is 15.0 Å². The highest BCUT2D eigenvalue weighted by atomic mass is 32.2. The monoisotopic (exact) mass is 476 g/mol. The van der Waals surface area contributed by atoms with Gasteiger partial charge in [0, 0.05) is 10.9 Å². The molecular formula is C26H24N2O3S2. The molecule has 168 valence electrons. The molecule has 0 bridgehead atoms. The van der Waals surface area contributed by atoms with Gasteiger partial charge >= 0.3 is 0 Å². The largest absolute Gasteiger partial charge is 0.302 e. The van der Waals surface area contributed by atoms with Crippen LogP contribution in [0, 0.1) is 0 Å². The maximum Gasteiger partial charge on any atom is 0.230 e. The number of thiazole rings is 1. The van der Waals surface area contributed by atoms with Crippen LogP contribution in [0.1, 0.15) is 23.6 Å². The van der Waals surface area contributed by atoms with E-state index in [0.717, 1.165) is 23.2 Å². The number of amides is 1. The molecule has 0 aliphatic heterocycles. The van der Waals surface area contributed by atoms with Gasteiger partial charge in [0.05, 0.1) is 22.8 Å². The Morgan fingerprint density at radius 2 is 1.52 bits per heavy atom. The van der Waals surface area contributed by atoms with Crippen LogP contribution in [-0.2, 0) is 27.5 Å². The number of sulfone groups is 1. The average molecular weight is 477 g/mol. The number of nitrogens with zero attached hydrogens (tertiary/aromatic N) is 1. The van der Waals surface area contributed by atoms with Crippen molar-refractivity contribution in [2.45, 2.75) is 24.7 Å². The van der Waals surface area contributed by atoms with Crippen molar-refractivity contribution in [3.8, 4) is 11.3 Å². The van der Waals surface area contributed by atoms with E-state index in [1.165, 1.54) is 22.5 Å². The molecule has 0 atom stereocenters. The van der Waals surface area contributed by atoms with Crippen LogP contribution in [0.25, 0.3) is 11.3 Å². The second-order valence-electron chi connectivity index (χ2n) is 7.67. The zero-order chi connectivity index (χ0) is 23.3. The van der Waals surface area contributed by atoms with E-state index in [2.05, 4.69) is 34.6 Å². The molecule has 0 fully saturated rings. The summed E-state index contributed by atoms with van der Waals surface area (Å²) in [7, 11) is -3.24. The van der Waals surface area contributed by atoms with Gasteiger partial charge in [-0.05, 0) is 35.2 Å². The summed E-state index contributed by atoms with van der Waals surface area (Å²) >= 11 is 1.38. The summed E-state index contributed by atoms with van der Waals surface area (Å²) in [4.78, 5) is 17.2. The summed E-state index contributed by atoms with van der Waals surface area (Å²) < 4.78 is 23.8. The van der Waals surface area contributed by atoms with Gasteiger partial charge in [-0.3, -0.25) is 4.79 Å². The summed E-state index contributed by atoms with van der Waals surface area (Å²) in [5, 5.41) is 5.29. The molecule has 1 aromatic heterocycles. The van der Waals surface area contributed by atoms with Crippen molar-refractivity contribution in [3.63, 3.8) is 0 Å². The van der Waals surface area contributed by atoms with E-state index in [9.17, 15) is 13.2 Å². The van der Waals surface area contributed by atoms with E-state index in [1.807, 2.05) is 35.7 Å². The molecule has 0 aliphatic carbocycles. The minimum atomic E-state index is -3.24. The summed E-state index contributed by atoms with van der Waals surface area (Å²) in [6.45, 7) is 1.61. The molecule has 0 radical (unpaired) electrons. The molecule has 33 heavy (non-hydrogen) atoms. The second kappa shape index (κ2) is 10.1. The first kappa shape index (κ1) is 22.9. The van der Waals surface area contributed by atoms with Crippen molar-refractivity contribution < 1.29 is 13.2 Å². The third-order valence-corrected chi connectivity index (χ3v) is 7.79. The van der Waals surface area contributed by atoms with Crippen molar-refractivity contribution in [1.82, 2.24) is 4.98 Å². The molecule has 0 aliphatic rings. The molecule has 1 amide bonds. The lowest BCUT2D eigenvalue weighted by molar-refractivity contribution is -0.115. The Hall–Kier alpha value is -3.29. The minimum absolute atomic E-state index is 0.0506. The van der Waals surface area contributed by atoms with Gasteiger partial charge in [0.2, 0.25) is 5.91 Å². The van der Waals surface area contributed by atoms with E-state index in [0.29, 0.717) is 5.13 Å². The van der Waals surface area contributed by atoms with Crippen molar-refractivity contribution in [3.05, 3.63) is 101 Å². The first-order chi connectivity index (χ1) is 15.9. The Bertz CT molecular complexity index is 1330. The number of benzene rings is 3. The first-order valence-electron chi connectivity index (χ1n) is 10.6. The van der Waals surface area contributed by atoms with E-state index in [4.69, 9.17) is 0 Å². The lowest BCUT2D eigenvalue weighted by Crippen LogP contribution is -2.14. The van der Waals surface area contributed by atoms with Gasteiger partial charge in [-0.25, -0.2) is 13.4 Å². The number of hydrogen-bond donors (Lipinski definition) is 1. The maximum atomic E-state index is 12.4. The Labute approximate surface area is 198 Å². The number of carbonyl (C=O) groups is 1. The average Bonchev–Trinajstić information content (AvgIpc) is 3.29. The van der Waals surface area contributed by atoms with Gasteiger partial charge in [0.1, 0.15) is 0 Å². The van der Waals surface area contributed by atoms with Crippen molar-refractivity contribution in [1.29, 1.82) is 0 Å². The Morgan fingerprint density at radius 3 is 2.18 bits per heavy atom. The van der Waals surface area contributed by atoms with Crippen LogP contribution >= 0.6 is 11.3 Å². The third kappa shape index (κ3) is 5.94. The molecule has 0 saturated heterocycles. The van der Waals surface area contributed by atoms with Crippen molar-refractivity contribution in [2.75, 3.05) is 11.1 Å². The van der Waals surface area contributed by atoms with Gasteiger partial charge in [-0.15, -0.1) is 11.3 Å². The highest BCUT2D eigenvalue weighted by Gasteiger charge is 2.13. The minimum Gasteiger partial charge on any atom is -0.302 e. The highest BCUT2D eigenvalue weighted by Crippen LogP contribution is 2.26. The molecule has 4 rings (SSSR count). The Balaban J connectivity index is 1.36. The fraction of sp³-hybridized carbons (Fsp3) is 0.154. The van der Waals surface area contributed by atoms with Crippen LogP contribution in [-0.4, -0.2) is 25.1 Å². The SMILES string of the molecule is CCS(=O)(=O)c1ccc(CC(=O)Nc2nc(-c3ccc(Cc4ccccc4)cc3)cs2)cc1. The molecule has 0 spiro atoms. The van der Waals surface area contributed by atoms with Crippen LogP contribution in [0.5, 0.6) is 0 Å². The lowest BCUT2D eigenvalue weighted by atomic mass is 10.0. The van der Waals surface area contributed by atoms with Crippen LogP contribution in [0.3, 0.4) is 0 Å². The summed E-state index contributed by atoms with van der Waals surface area (Å²) in [5.41, 5.74) is 5.05. The van der Waals surface area contributed by atoms with Gasteiger partial charge in [0.25, 0.3) is 0 Å². The van der Waals surface area contributed by atoms with Crippen LogP contribution in [0.4, 0.5) is 5.13 Å². The standard InChI is InChI=1S/C26H24N2O3S2/c1-2-33(30,31)23-14-10-21(11-15-23)17-25(29)28-26-27-24(18-32-26)22-12-8-20(9-13-22)16-19-6-4-3-5-7-19/h3-15,18H,2,16-17H2,1H3,(H,27,28,29). The number of aromatic nitrogens is 1. The highest BCUT2D eigenvalue weighted by molar-refractivity contribution is 7.91. The fourth-order valence-electron chi connectivity index (χ4n) is 3.42. The summed E-state index contributed by atoms with van der Waals surface area (Å²) in [5.74, 6) is -0.144. The van der Waals surface area contributed by atoms with Crippen LogP contribution in [0.2, 0.25) is 0 Å². The Kier molecular flexibility index (Phi) is 7.01. The smallest absolute Gasteiger partial charge is 0.230 e. The molecule has 0 unspecified atom stereocenters. The fourth-order valence-corrected chi connectivity index (χ4v) is 5.04. The van der Waals surface area contributed by atoms with Crippen LogP contribution < -0.4 is 5.32 Å². The predicted octanol–water partition coefficient (Wildman–Crippen LogP) is 5.38. The molecule has 3 aromatic carbocycles. The van der Waals surface area contributed by atoms with Gasteiger partial charge in [-0.2, -0.15) is 0 Å². The number of carbonyl (C=O) groups excluding carboxylic acids is 1. The quantitative estimate of drug-likeness (QED) is 0.371. The van der Waals surface area contributed by atoms with E-state index in [1.54, 1.807) is 31.2 Å². The van der Waals surface area contributed by atoms with E-state index in [-0.39, 0.29) is 23.0 Å². The van der Waals surface area contributed by atoms with Crippen LogP contribution in [0.15, 0.2) is 89.1 Å². The lowest BCUT2D eigenvalue weighted by Gasteiger charge is -2.05. The third-order valence-electron chi connectivity index (χ3n) is 5.28. The molecule has 1 N–H and O–H groups in total. The number of rotatable bonds is 8. The molecular weight excluding hydrogens is 452 g/mol. The summed E-state index contributed by atoms with van der Waals surface area (Å²) in [6.07, 6.45) is 1.03. The van der Waals surface area contributed by atoms with Crippen molar-refractivity contribution in [2.24, 2.45) is 0 Å².